The summed E-state index contributed by atoms with van der Waals surface area (Å²) in [5, 5.41) is 0. The minimum absolute atomic E-state index is 0.227. The maximum absolute atomic E-state index is 10.8. The summed E-state index contributed by atoms with van der Waals surface area (Å²) in [7, 11) is 1.57. The maximum Gasteiger partial charge on any atom is 0.236 e. The van der Waals surface area contributed by atoms with Crippen LogP contribution in [-0.2, 0) is 14.8 Å². The van der Waals surface area contributed by atoms with Crippen LogP contribution < -0.4 is 0 Å². The fraction of sp³-hybridized carbons (Fsp3) is 0.111. The fourth-order valence-corrected chi connectivity index (χ4v) is 1.95. The monoisotopic (exact) mass is 214 g/mol. The number of hydrogen-bond acceptors (Lipinski definition) is 2. The van der Waals surface area contributed by atoms with Gasteiger partial charge in [0, 0.05) is 16.2 Å². The highest BCUT2D eigenvalue weighted by Gasteiger charge is 2.09. The van der Waals surface area contributed by atoms with Gasteiger partial charge in [0.2, 0.25) is 9.05 Å². The molecule has 2 nitrogen and oxygen atoms in total. The largest absolute Gasteiger partial charge is 0.236 e. The predicted octanol–water partition coefficient (Wildman–Crippen LogP) is 1.74. The van der Waals surface area contributed by atoms with Crippen LogP contribution in [0.2, 0.25) is 0 Å². The molecule has 68 valence electrons. The Hall–Kier alpha value is -0.980. The van der Waals surface area contributed by atoms with Gasteiger partial charge in [-0.2, -0.15) is 0 Å². The van der Waals surface area contributed by atoms with E-state index in [-0.39, 0.29) is 5.75 Å². The Balaban J connectivity index is 3.10. The predicted molar refractivity (Wildman–Crippen MR) is 52.9 cm³/mol. The lowest BCUT2D eigenvalue weighted by molar-refractivity contribution is 0.609. The van der Waals surface area contributed by atoms with Gasteiger partial charge in [0.25, 0.3) is 0 Å². The van der Waals surface area contributed by atoms with Gasteiger partial charge in [-0.25, -0.2) is 8.42 Å². The molecule has 0 aliphatic rings. The second-order valence-electron chi connectivity index (χ2n) is 2.48. The molecule has 0 heterocycles. The topological polar surface area (TPSA) is 34.1 Å². The van der Waals surface area contributed by atoms with Gasteiger partial charge in [0.05, 0.1) is 5.75 Å². The van der Waals surface area contributed by atoms with E-state index in [1.807, 2.05) is 0 Å². The molecule has 1 aromatic rings. The minimum Gasteiger partial charge on any atom is -0.212 e. The Morgan fingerprint density at radius 3 is 2.54 bits per heavy atom. The average molecular weight is 215 g/mol. The van der Waals surface area contributed by atoms with Crippen molar-refractivity contribution in [3.63, 3.8) is 0 Å². The SMILES string of the molecule is C#Cc1ccccc1CS(=O)(=O)Cl. The lowest BCUT2D eigenvalue weighted by atomic mass is 10.1. The van der Waals surface area contributed by atoms with Gasteiger partial charge in [0.1, 0.15) is 0 Å². The third kappa shape index (κ3) is 3.10. The maximum atomic E-state index is 10.8. The summed E-state index contributed by atoms with van der Waals surface area (Å²) in [6.45, 7) is 0. The summed E-state index contributed by atoms with van der Waals surface area (Å²) in [6, 6.07) is 6.80. The van der Waals surface area contributed by atoms with E-state index in [0.29, 0.717) is 11.1 Å². The lowest BCUT2D eigenvalue weighted by Gasteiger charge is -2.00. The standard InChI is InChI=1S/C9H7ClO2S/c1-2-8-5-3-4-6-9(8)7-13(10,11)12/h1,3-6H,7H2. The van der Waals surface area contributed by atoms with Crippen LogP contribution in [0.25, 0.3) is 0 Å². The molecule has 0 aliphatic carbocycles. The quantitative estimate of drug-likeness (QED) is 0.555. The van der Waals surface area contributed by atoms with Crippen LogP contribution in [0.1, 0.15) is 11.1 Å². The zero-order valence-corrected chi connectivity index (χ0v) is 8.27. The molecule has 13 heavy (non-hydrogen) atoms. The van der Waals surface area contributed by atoms with Crippen molar-refractivity contribution < 1.29 is 8.42 Å². The van der Waals surface area contributed by atoms with Crippen molar-refractivity contribution in [2.45, 2.75) is 5.75 Å². The van der Waals surface area contributed by atoms with Crippen molar-refractivity contribution in [3.8, 4) is 12.3 Å². The summed E-state index contributed by atoms with van der Waals surface area (Å²) >= 11 is 0. The minimum atomic E-state index is -3.53. The van der Waals surface area contributed by atoms with Crippen LogP contribution in [0.15, 0.2) is 24.3 Å². The van der Waals surface area contributed by atoms with E-state index in [0.717, 1.165) is 0 Å². The van der Waals surface area contributed by atoms with Crippen molar-refractivity contribution in [2.24, 2.45) is 0 Å². The van der Waals surface area contributed by atoms with Gasteiger partial charge in [-0.3, -0.25) is 0 Å². The van der Waals surface area contributed by atoms with E-state index in [1.54, 1.807) is 24.3 Å². The second kappa shape index (κ2) is 3.82. The molecule has 0 N–H and O–H groups in total. The van der Waals surface area contributed by atoms with E-state index in [1.165, 1.54) is 0 Å². The van der Waals surface area contributed by atoms with E-state index in [4.69, 9.17) is 17.1 Å². The Morgan fingerprint density at radius 2 is 2.00 bits per heavy atom. The van der Waals surface area contributed by atoms with Gasteiger partial charge in [-0.15, -0.1) is 6.42 Å². The van der Waals surface area contributed by atoms with E-state index in [2.05, 4.69) is 5.92 Å². The van der Waals surface area contributed by atoms with Gasteiger partial charge in [0.15, 0.2) is 0 Å². The number of benzene rings is 1. The Kier molecular flexibility index (Phi) is 2.97. The summed E-state index contributed by atoms with van der Waals surface area (Å²) in [5.41, 5.74) is 1.12. The van der Waals surface area contributed by atoms with Crippen molar-refractivity contribution in [3.05, 3.63) is 35.4 Å². The van der Waals surface area contributed by atoms with Crippen LogP contribution in [0.3, 0.4) is 0 Å². The van der Waals surface area contributed by atoms with Crippen molar-refractivity contribution in [1.82, 2.24) is 0 Å². The number of hydrogen-bond donors (Lipinski definition) is 0. The highest BCUT2D eigenvalue weighted by atomic mass is 35.7. The van der Waals surface area contributed by atoms with Gasteiger partial charge < -0.3 is 0 Å². The zero-order chi connectivity index (χ0) is 9.90. The molecule has 0 aliphatic heterocycles. The molecule has 0 bridgehead atoms. The number of rotatable bonds is 2. The van der Waals surface area contributed by atoms with E-state index in [9.17, 15) is 8.42 Å². The summed E-state index contributed by atoms with van der Waals surface area (Å²) in [4.78, 5) is 0. The summed E-state index contributed by atoms with van der Waals surface area (Å²) < 4.78 is 21.5. The molecule has 0 aromatic heterocycles. The number of halogens is 1. The molecular weight excluding hydrogens is 208 g/mol. The molecule has 0 spiro atoms. The second-order valence-corrected chi connectivity index (χ2v) is 5.26. The molecule has 0 radical (unpaired) electrons. The average Bonchev–Trinajstić information content (AvgIpc) is 2.02. The highest BCUT2D eigenvalue weighted by Crippen LogP contribution is 2.13. The molecule has 0 amide bonds. The van der Waals surface area contributed by atoms with Crippen LogP contribution in [-0.4, -0.2) is 8.42 Å². The Morgan fingerprint density at radius 1 is 1.38 bits per heavy atom. The van der Waals surface area contributed by atoms with Crippen molar-refractivity contribution in [2.75, 3.05) is 0 Å². The molecule has 4 heteroatoms. The number of terminal acetylenes is 1. The van der Waals surface area contributed by atoms with Crippen LogP contribution in [0.5, 0.6) is 0 Å². The molecule has 1 aromatic carbocycles. The van der Waals surface area contributed by atoms with E-state index >= 15 is 0 Å². The molecule has 0 saturated carbocycles. The highest BCUT2D eigenvalue weighted by molar-refractivity contribution is 8.13. The first kappa shape index (κ1) is 10.1. The molecule has 0 atom stereocenters. The first-order chi connectivity index (χ1) is 6.03. The van der Waals surface area contributed by atoms with Crippen LogP contribution in [0, 0.1) is 12.3 Å². The normalized spacial score (nSPS) is 10.8. The molecular formula is C9H7ClO2S. The van der Waals surface area contributed by atoms with Gasteiger partial charge >= 0.3 is 0 Å². The van der Waals surface area contributed by atoms with Gasteiger partial charge in [-0.05, 0) is 11.6 Å². The fourth-order valence-electron chi connectivity index (χ4n) is 0.973. The molecule has 0 saturated heterocycles. The third-order valence-corrected chi connectivity index (χ3v) is 2.48. The zero-order valence-electron chi connectivity index (χ0n) is 6.70. The Labute approximate surface area is 82.0 Å². The lowest BCUT2D eigenvalue weighted by Crippen LogP contribution is -1.97. The van der Waals surface area contributed by atoms with Crippen LogP contribution >= 0.6 is 10.7 Å². The Bertz CT molecular complexity index is 443. The van der Waals surface area contributed by atoms with Crippen LogP contribution in [0.4, 0.5) is 0 Å². The van der Waals surface area contributed by atoms with E-state index < -0.39 is 9.05 Å². The molecule has 0 unspecified atom stereocenters. The smallest absolute Gasteiger partial charge is 0.212 e. The van der Waals surface area contributed by atoms with Gasteiger partial charge in [-0.1, -0.05) is 24.1 Å². The third-order valence-electron chi connectivity index (χ3n) is 1.50. The van der Waals surface area contributed by atoms with Crippen molar-refractivity contribution >= 4 is 19.7 Å². The molecule has 0 fully saturated rings. The summed E-state index contributed by atoms with van der Waals surface area (Å²) in [6.07, 6.45) is 5.18. The van der Waals surface area contributed by atoms with Crippen molar-refractivity contribution in [1.29, 1.82) is 0 Å². The first-order valence-corrected chi connectivity index (χ1v) is 5.97. The first-order valence-electron chi connectivity index (χ1n) is 3.50. The molecule has 1 rings (SSSR count). The summed E-state index contributed by atoms with van der Waals surface area (Å²) in [5.74, 6) is 2.17.